The molecule has 0 aliphatic carbocycles. The molecule has 0 aliphatic rings. The molecule has 0 amide bonds. The van der Waals surface area contributed by atoms with Crippen LogP contribution in [0.1, 0.15) is 15.2 Å². The van der Waals surface area contributed by atoms with Crippen molar-refractivity contribution in [3.05, 3.63) is 64.3 Å². The summed E-state index contributed by atoms with van der Waals surface area (Å²) >= 11 is 12.0. The molecule has 1 heterocycles. The number of ether oxygens (including phenoxy) is 1. The van der Waals surface area contributed by atoms with Crippen molar-refractivity contribution in [1.82, 2.24) is 4.57 Å². The Balaban J connectivity index is 2.07. The number of carbonyl (C=O) groups excluding carboxylic acids is 2. The third kappa shape index (κ3) is 4.24. The van der Waals surface area contributed by atoms with Crippen molar-refractivity contribution in [2.75, 3.05) is 24.2 Å². The molecule has 29 heavy (non-hydrogen) atoms. The van der Waals surface area contributed by atoms with Gasteiger partial charge in [0.15, 0.2) is 0 Å². The predicted octanol–water partition coefficient (Wildman–Crippen LogP) is 3.84. The van der Waals surface area contributed by atoms with Crippen molar-refractivity contribution < 1.29 is 22.7 Å². The summed E-state index contributed by atoms with van der Waals surface area (Å²) in [6.45, 7) is -0.528. The van der Waals surface area contributed by atoms with Gasteiger partial charge in [-0.1, -0.05) is 41.4 Å². The summed E-state index contributed by atoms with van der Waals surface area (Å²) in [5.41, 5.74) is 0.775. The fraction of sp³-hybridized carbons (Fsp3) is 0.158. The maximum atomic E-state index is 13.0. The molecule has 0 aliphatic heterocycles. The topological polar surface area (TPSA) is 85.7 Å². The van der Waals surface area contributed by atoms with Crippen LogP contribution in [0.25, 0.3) is 10.9 Å². The normalized spacial score (nSPS) is 11.4. The average molecular weight is 455 g/mol. The Kier molecular flexibility index (Phi) is 5.88. The smallest absolute Gasteiger partial charge is 0.340 e. The highest BCUT2D eigenvalue weighted by molar-refractivity contribution is 7.92. The summed E-state index contributed by atoms with van der Waals surface area (Å²) in [6.07, 6.45) is 2.31. The lowest BCUT2D eigenvalue weighted by molar-refractivity contribution is 0.0603. The number of carbonyl (C=O) groups is 2. The predicted molar refractivity (Wildman–Crippen MR) is 113 cm³/mol. The first kappa shape index (κ1) is 21.2. The zero-order valence-corrected chi connectivity index (χ0v) is 17.8. The molecule has 0 saturated carbocycles. The van der Waals surface area contributed by atoms with Gasteiger partial charge in [-0.2, -0.15) is 0 Å². The largest absolute Gasteiger partial charge is 0.465 e. The number of para-hydroxylation sites is 1. The second kappa shape index (κ2) is 8.06. The van der Waals surface area contributed by atoms with E-state index in [2.05, 4.69) is 0 Å². The van der Waals surface area contributed by atoms with E-state index in [9.17, 15) is 18.0 Å². The van der Waals surface area contributed by atoms with Crippen LogP contribution in [0.5, 0.6) is 0 Å². The summed E-state index contributed by atoms with van der Waals surface area (Å²) in [4.78, 5) is 25.1. The number of aromatic nitrogens is 1. The van der Waals surface area contributed by atoms with Crippen molar-refractivity contribution in [1.29, 1.82) is 0 Å². The highest BCUT2D eigenvalue weighted by Gasteiger charge is 2.26. The van der Waals surface area contributed by atoms with Gasteiger partial charge in [0.1, 0.15) is 6.54 Å². The van der Waals surface area contributed by atoms with E-state index in [1.165, 1.54) is 36.1 Å². The van der Waals surface area contributed by atoms with Gasteiger partial charge in [0, 0.05) is 16.6 Å². The molecule has 3 aromatic rings. The molecule has 0 spiro atoms. The minimum atomic E-state index is -3.84. The molecule has 0 saturated heterocycles. The fourth-order valence-corrected chi connectivity index (χ4v) is 4.34. The molecule has 1 aromatic heterocycles. The Morgan fingerprint density at radius 2 is 1.83 bits per heavy atom. The van der Waals surface area contributed by atoms with Crippen molar-refractivity contribution in [3.8, 4) is 0 Å². The number of nitrogens with zero attached hydrogens (tertiary/aromatic N) is 2. The van der Waals surface area contributed by atoms with Gasteiger partial charge in [-0.25, -0.2) is 13.2 Å². The average Bonchev–Trinajstić information content (AvgIpc) is 3.05. The van der Waals surface area contributed by atoms with Crippen LogP contribution < -0.4 is 4.31 Å². The summed E-state index contributed by atoms with van der Waals surface area (Å²) < 4.78 is 31.6. The van der Waals surface area contributed by atoms with Gasteiger partial charge in [-0.15, -0.1) is 0 Å². The van der Waals surface area contributed by atoms with Crippen LogP contribution >= 0.6 is 23.2 Å². The molecule has 152 valence electrons. The standard InChI is InChI=1S/C19H16Cl2N2O5S/c1-28-19(25)14-10-22(16-6-4-3-5-13(14)16)18(24)11-23(29(2,26)27)17-8-7-12(20)9-15(17)21/h3-10H,11H2,1-2H3. The van der Waals surface area contributed by atoms with Gasteiger partial charge in [-0.05, 0) is 24.3 Å². The highest BCUT2D eigenvalue weighted by Crippen LogP contribution is 2.31. The van der Waals surface area contributed by atoms with E-state index in [0.29, 0.717) is 15.9 Å². The first-order chi connectivity index (χ1) is 13.6. The number of hydrogen-bond acceptors (Lipinski definition) is 5. The molecule has 0 N–H and O–H groups in total. The minimum Gasteiger partial charge on any atom is -0.465 e. The van der Waals surface area contributed by atoms with Crippen molar-refractivity contribution >= 4 is 61.7 Å². The van der Waals surface area contributed by atoms with Crippen molar-refractivity contribution in [2.45, 2.75) is 0 Å². The lowest BCUT2D eigenvalue weighted by Gasteiger charge is -2.23. The number of fused-ring (bicyclic) bond motifs is 1. The SMILES string of the molecule is COC(=O)c1cn(C(=O)CN(c2ccc(Cl)cc2Cl)S(C)(=O)=O)c2ccccc12. The zero-order chi connectivity index (χ0) is 21.3. The van der Waals surface area contributed by atoms with Crippen LogP contribution in [0, 0.1) is 0 Å². The second-order valence-electron chi connectivity index (χ2n) is 6.18. The Labute approximate surface area is 177 Å². The van der Waals surface area contributed by atoms with Crippen LogP contribution in [0.3, 0.4) is 0 Å². The van der Waals surface area contributed by atoms with E-state index in [-0.39, 0.29) is 16.3 Å². The van der Waals surface area contributed by atoms with E-state index in [1.807, 2.05) is 0 Å². The lowest BCUT2D eigenvalue weighted by atomic mass is 10.2. The molecule has 0 radical (unpaired) electrons. The van der Waals surface area contributed by atoms with Crippen LogP contribution in [-0.2, 0) is 14.8 Å². The molecule has 3 rings (SSSR count). The highest BCUT2D eigenvalue weighted by atomic mass is 35.5. The zero-order valence-electron chi connectivity index (χ0n) is 15.4. The molecule has 0 bridgehead atoms. The minimum absolute atomic E-state index is 0.0864. The van der Waals surface area contributed by atoms with Crippen LogP contribution in [0.2, 0.25) is 10.0 Å². The number of benzene rings is 2. The lowest BCUT2D eigenvalue weighted by Crippen LogP contribution is -2.37. The maximum Gasteiger partial charge on any atom is 0.340 e. The molecule has 0 atom stereocenters. The first-order valence-electron chi connectivity index (χ1n) is 8.28. The third-order valence-electron chi connectivity index (χ3n) is 4.24. The quantitative estimate of drug-likeness (QED) is 0.546. The number of rotatable bonds is 5. The van der Waals surface area contributed by atoms with Crippen LogP contribution in [0.15, 0.2) is 48.7 Å². The number of halogens is 2. The van der Waals surface area contributed by atoms with E-state index in [4.69, 9.17) is 27.9 Å². The van der Waals surface area contributed by atoms with Crippen LogP contribution in [0.4, 0.5) is 5.69 Å². The Morgan fingerprint density at radius 1 is 1.14 bits per heavy atom. The molecule has 7 nitrogen and oxygen atoms in total. The number of methoxy groups -OCH3 is 1. The van der Waals surface area contributed by atoms with Gasteiger partial charge in [-0.3, -0.25) is 13.7 Å². The Hall–Kier alpha value is -2.55. The third-order valence-corrected chi connectivity index (χ3v) is 5.91. The van der Waals surface area contributed by atoms with Crippen molar-refractivity contribution in [3.63, 3.8) is 0 Å². The summed E-state index contributed by atoms with van der Waals surface area (Å²) in [6, 6.07) is 11.0. The first-order valence-corrected chi connectivity index (χ1v) is 10.9. The van der Waals surface area contributed by atoms with Gasteiger partial charge in [0.05, 0.1) is 35.2 Å². The molecular weight excluding hydrogens is 439 g/mol. The molecule has 10 heteroatoms. The van der Waals surface area contributed by atoms with E-state index in [1.54, 1.807) is 24.3 Å². The number of hydrogen-bond donors (Lipinski definition) is 0. The monoisotopic (exact) mass is 454 g/mol. The van der Waals surface area contributed by atoms with Gasteiger partial charge in [0.2, 0.25) is 10.0 Å². The van der Waals surface area contributed by atoms with E-state index < -0.39 is 28.4 Å². The Bertz CT molecular complexity index is 1220. The molecule has 0 fully saturated rings. The molecule has 2 aromatic carbocycles. The van der Waals surface area contributed by atoms with Crippen LogP contribution in [-0.4, -0.2) is 44.8 Å². The number of esters is 1. The second-order valence-corrected chi connectivity index (χ2v) is 8.93. The Morgan fingerprint density at radius 3 is 2.45 bits per heavy atom. The van der Waals surface area contributed by atoms with Gasteiger partial charge >= 0.3 is 5.97 Å². The van der Waals surface area contributed by atoms with Crippen molar-refractivity contribution in [2.24, 2.45) is 0 Å². The summed E-state index contributed by atoms with van der Waals surface area (Å²) in [7, 11) is -2.60. The number of sulfonamides is 1. The van der Waals surface area contributed by atoms with E-state index >= 15 is 0 Å². The number of anilines is 1. The summed E-state index contributed by atoms with van der Waals surface area (Å²) in [5, 5.41) is 0.934. The van der Waals surface area contributed by atoms with Gasteiger partial charge in [0.25, 0.3) is 5.91 Å². The van der Waals surface area contributed by atoms with E-state index in [0.717, 1.165) is 10.6 Å². The molecular formula is C19H16Cl2N2O5S. The fourth-order valence-electron chi connectivity index (χ4n) is 2.92. The van der Waals surface area contributed by atoms with Gasteiger partial charge < -0.3 is 4.74 Å². The summed E-state index contributed by atoms with van der Waals surface area (Å²) in [5.74, 6) is -1.18. The molecule has 0 unspecified atom stereocenters. The maximum absolute atomic E-state index is 13.0.